The number of nitrogens with one attached hydrogen (secondary N) is 1. The van der Waals surface area contributed by atoms with Crippen LogP contribution in [-0.2, 0) is 0 Å². The molecule has 0 saturated heterocycles. The van der Waals surface area contributed by atoms with E-state index in [4.69, 9.17) is 0 Å². The zero-order chi connectivity index (χ0) is 13.1. The van der Waals surface area contributed by atoms with E-state index in [9.17, 15) is 0 Å². The SMILES string of the molecule is Cc1nc(C(C)NC(C)c2cccnc2)c(C)s1. The number of aryl methyl sites for hydroxylation is 2. The van der Waals surface area contributed by atoms with E-state index in [2.05, 4.69) is 49.0 Å². The van der Waals surface area contributed by atoms with Gasteiger partial charge < -0.3 is 5.32 Å². The van der Waals surface area contributed by atoms with Crippen LogP contribution in [0.2, 0.25) is 0 Å². The van der Waals surface area contributed by atoms with E-state index in [1.54, 1.807) is 17.5 Å². The molecule has 2 atom stereocenters. The Bertz CT molecular complexity index is 507. The first-order valence-electron chi connectivity index (χ1n) is 6.18. The molecular weight excluding hydrogens is 242 g/mol. The van der Waals surface area contributed by atoms with Crippen LogP contribution in [0.1, 0.15) is 47.1 Å². The predicted octanol–water partition coefficient (Wildman–Crippen LogP) is 3.57. The van der Waals surface area contributed by atoms with Gasteiger partial charge in [0.15, 0.2) is 0 Å². The lowest BCUT2D eigenvalue weighted by atomic mass is 10.1. The summed E-state index contributed by atoms with van der Waals surface area (Å²) < 4.78 is 0. The van der Waals surface area contributed by atoms with E-state index >= 15 is 0 Å². The van der Waals surface area contributed by atoms with Gasteiger partial charge >= 0.3 is 0 Å². The molecule has 96 valence electrons. The molecule has 2 heterocycles. The minimum absolute atomic E-state index is 0.255. The van der Waals surface area contributed by atoms with E-state index in [1.165, 1.54) is 10.4 Å². The summed E-state index contributed by atoms with van der Waals surface area (Å²) in [5.41, 5.74) is 2.36. The van der Waals surface area contributed by atoms with Gasteiger partial charge in [0.1, 0.15) is 0 Å². The minimum Gasteiger partial charge on any atom is -0.302 e. The van der Waals surface area contributed by atoms with Crippen molar-refractivity contribution < 1.29 is 0 Å². The number of hydrogen-bond acceptors (Lipinski definition) is 4. The Morgan fingerprint density at radius 2 is 2.00 bits per heavy atom. The van der Waals surface area contributed by atoms with Gasteiger partial charge in [0.2, 0.25) is 0 Å². The third-order valence-electron chi connectivity index (χ3n) is 3.03. The Hall–Kier alpha value is -1.26. The van der Waals surface area contributed by atoms with E-state index in [-0.39, 0.29) is 12.1 Å². The molecule has 3 nitrogen and oxygen atoms in total. The molecule has 0 aromatic carbocycles. The fraction of sp³-hybridized carbons (Fsp3) is 0.429. The average molecular weight is 261 g/mol. The number of hydrogen-bond donors (Lipinski definition) is 1. The van der Waals surface area contributed by atoms with Crippen molar-refractivity contribution in [3.63, 3.8) is 0 Å². The molecule has 0 saturated carbocycles. The quantitative estimate of drug-likeness (QED) is 0.914. The van der Waals surface area contributed by atoms with Gasteiger partial charge in [0.25, 0.3) is 0 Å². The summed E-state index contributed by atoms with van der Waals surface area (Å²) in [5, 5.41) is 4.70. The monoisotopic (exact) mass is 261 g/mol. The molecule has 0 amide bonds. The van der Waals surface area contributed by atoms with E-state index in [0.717, 1.165) is 10.7 Å². The first-order valence-corrected chi connectivity index (χ1v) is 6.99. The summed E-state index contributed by atoms with van der Waals surface area (Å²) in [4.78, 5) is 10.0. The molecule has 0 fully saturated rings. The van der Waals surface area contributed by atoms with Crippen LogP contribution in [0.15, 0.2) is 24.5 Å². The highest BCUT2D eigenvalue weighted by molar-refractivity contribution is 7.11. The lowest BCUT2D eigenvalue weighted by Crippen LogP contribution is -2.23. The highest BCUT2D eigenvalue weighted by atomic mass is 32.1. The van der Waals surface area contributed by atoms with Crippen molar-refractivity contribution in [2.75, 3.05) is 0 Å². The Morgan fingerprint density at radius 1 is 1.22 bits per heavy atom. The van der Waals surface area contributed by atoms with Gasteiger partial charge in [-0.05, 0) is 39.3 Å². The summed E-state index contributed by atoms with van der Waals surface area (Å²) in [6.07, 6.45) is 3.71. The summed E-state index contributed by atoms with van der Waals surface area (Å²) in [6, 6.07) is 4.59. The minimum atomic E-state index is 0.255. The molecule has 0 aliphatic carbocycles. The van der Waals surface area contributed by atoms with Crippen LogP contribution in [-0.4, -0.2) is 9.97 Å². The van der Waals surface area contributed by atoms with Crippen LogP contribution >= 0.6 is 11.3 Å². The maximum Gasteiger partial charge on any atom is 0.0900 e. The molecule has 18 heavy (non-hydrogen) atoms. The second-order valence-corrected chi connectivity index (χ2v) is 5.98. The van der Waals surface area contributed by atoms with Crippen molar-refractivity contribution in [3.8, 4) is 0 Å². The molecule has 0 aliphatic rings. The third kappa shape index (κ3) is 2.94. The number of rotatable bonds is 4. The Morgan fingerprint density at radius 3 is 2.56 bits per heavy atom. The summed E-state index contributed by atoms with van der Waals surface area (Å²) in [6.45, 7) is 8.50. The highest BCUT2D eigenvalue weighted by Crippen LogP contribution is 2.24. The van der Waals surface area contributed by atoms with E-state index < -0.39 is 0 Å². The summed E-state index contributed by atoms with van der Waals surface area (Å²) in [5.74, 6) is 0. The molecule has 0 spiro atoms. The fourth-order valence-corrected chi connectivity index (χ4v) is 3.04. The van der Waals surface area contributed by atoms with Crippen LogP contribution in [0, 0.1) is 13.8 Å². The molecule has 0 radical (unpaired) electrons. The predicted molar refractivity (Wildman–Crippen MR) is 75.8 cm³/mol. The van der Waals surface area contributed by atoms with E-state index in [0.29, 0.717) is 0 Å². The normalized spacial score (nSPS) is 14.4. The van der Waals surface area contributed by atoms with Crippen molar-refractivity contribution in [1.82, 2.24) is 15.3 Å². The Kier molecular flexibility index (Phi) is 4.09. The van der Waals surface area contributed by atoms with Crippen molar-refractivity contribution in [2.24, 2.45) is 0 Å². The number of nitrogens with zero attached hydrogens (tertiary/aromatic N) is 2. The van der Waals surface area contributed by atoms with Gasteiger partial charge in [0, 0.05) is 29.4 Å². The van der Waals surface area contributed by atoms with Crippen LogP contribution in [0.25, 0.3) is 0 Å². The highest BCUT2D eigenvalue weighted by Gasteiger charge is 2.15. The van der Waals surface area contributed by atoms with Gasteiger partial charge in [-0.3, -0.25) is 4.98 Å². The van der Waals surface area contributed by atoms with Gasteiger partial charge in [-0.15, -0.1) is 11.3 Å². The Balaban J connectivity index is 2.08. The molecule has 0 bridgehead atoms. The second-order valence-electron chi connectivity index (χ2n) is 4.57. The van der Waals surface area contributed by atoms with Crippen molar-refractivity contribution in [2.45, 2.75) is 39.8 Å². The van der Waals surface area contributed by atoms with Crippen molar-refractivity contribution >= 4 is 11.3 Å². The fourth-order valence-electron chi connectivity index (χ4n) is 2.13. The lowest BCUT2D eigenvalue weighted by molar-refractivity contribution is 0.485. The molecule has 2 aromatic heterocycles. The van der Waals surface area contributed by atoms with Gasteiger partial charge in [0.05, 0.1) is 10.7 Å². The van der Waals surface area contributed by atoms with Gasteiger partial charge in [-0.2, -0.15) is 0 Å². The first-order chi connectivity index (χ1) is 8.58. The summed E-state index contributed by atoms with van der Waals surface area (Å²) in [7, 11) is 0. The molecule has 0 aliphatic heterocycles. The summed E-state index contributed by atoms with van der Waals surface area (Å²) >= 11 is 1.76. The zero-order valence-corrected chi connectivity index (χ0v) is 12.1. The first kappa shape index (κ1) is 13.2. The van der Waals surface area contributed by atoms with Crippen molar-refractivity contribution in [1.29, 1.82) is 0 Å². The molecule has 2 unspecified atom stereocenters. The molecule has 1 N–H and O–H groups in total. The average Bonchev–Trinajstić information content (AvgIpc) is 2.69. The van der Waals surface area contributed by atoms with Crippen LogP contribution in [0.5, 0.6) is 0 Å². The Labute approximate surface area is 112 Å². The maximum absolute atomic E-state index is 4.60. The molecule has 2 rings (SSSR count). The zero-order valence-electron chi connectivity index (χ0n) is 11.3. The standard InChI is InChI=1S/C14H19N3S/c1-9(13-6-5-7-15-8-13)16-10(2)14-11(3)18-12(4)17-14/h5-10,16H,1-4H3. The molecule has 4 heteroatoms. The van der Waals surface area contributed by atoms with Crippen molar-refractivity contribution in [3.05, 3.63) is 45.7 Å². The smallest absolute Gasteiger partial charge is 0.0900 e. The topological polar surface area (TPSA) is 37.8 Å². The maximum atomic E-state index is 4.60. The van der Waals surface area contributed by atoms with E-state index in [1.807, 2.05) is 12.3 Å². The number of aromatic nitrogens is 2. The molecular formula is C14H19N3S. The van der Waals surface area contributed by atoms with Crippen LogP contribution in [0.3, 0.4) is 0 Å². The van der Waals surface area contributed by atoms with Crippen LogP contribution < -0.4 is 5.32 Å². The number of thiazole rings is 1. The van der Waals surface area contributed by atoms with Gasteiger partial charge in [-0.25, -0.2) is 4.98 Å². The third-order valence-corrected chi connectivity index (χ3v) is 3.94. The van der Waals surface area contributed by atoms with Gasteiger partial charge in [-0.1, -0.05) is 6.07 Å². The number of pyridine rings is 1. The van der Waals surface area contributed by atoms with Crippen LogP contribution in [0.4, 0.5) is 0 Å². The largest absolute Gasteiger partial charge is 0.302 e. The molecule has 2 aromatic rings. The second kappa shape index (κ2) is 5.59. The lowest BCUT2D eigenvalue weighted by Gasteiger charge is -2.19.